The first-order valence-electron chi connectivity index (χ1n) is 8.00. The fraction of sp³-hybridized carbons (Fsp3) is 0.500. The summed E-state index contributed by atoms with van der Waals surface area (Å²) in [6.07, 6.45) is 6.69. The van der Waals surface area contributed by atoms with Crippen molar-refractivity contribution < 1.29 is 9.59 Å². The summed E-state index contributed by atoms with van der Waals surface area (Å²) >= 11 is 0. The van der Waals surface area contributed by atoms with Gasteiger partial charge in [-0.2, -0.15) is 5.10 Å². The van der Waals surface area contributed by atoms with E-state index in [4.69, 9.17) is 0 Å². The minimum absolute atomic E-state index is 0.00250. The molecule has 3 heterocycles. The lowest BCUT2D eigenvalue weighted by Gasteiger charge is -2.33. The van der Waals surface area contributed by atoms with Crippen LogP contribution in [0, 0.1) is 5.92 Å². The third-order valence-corrected chi connectivity index (χ3v) is 4.72. The van der Waals surface area contributed by atoms with Crippen molar-refractivity contribution in [3.05, 3.63) is 24.0 Å². The predicted molar refractivity (Wildman–Crippen MR) is 83.7 cm³/mol. The van der Waals surface area contributed by atoms with Crippen LogP contribution in [0.15, 0.2) is 18.5 Å². The smallest absolute Gasteiger partial charge is 0.253 e. The number of carbonyl (C=O) groups excluding carboxylic acids is 2. The number of carbonyl (C=O) groups is 2. The number of fused-ring (bicyclic) bond motifs is 1. The van der Waals surface area contributed by atoms with Crippen LogP contribution < -0.4 is 10.6 Å². The lowest BCUT2D eigenvalue weighted by Crippen LogP contribution is -2.56. The molecule has 1 saturated carbocycles. The first-order chi connectivity index (χ1) is 11.1. The van der Waals surface area contributed by atoms with Crippen molar-refractivity contribution in [1.82, 2.24) is 25.4 Å². The number of rotatable bonds is 3. The van der Waals surface area contributed by atoms with E-state index in [1.807, 2.05) is 7.05 Å². The number of nitrogens with zero attached hydrogens (tertiary/aromatic N) is 3. The largest absolute Gasteiger partial charge is 0.351 e. The molecule has 1 saturated heterocycles. The molecule has 2 amide bonds. The number of hydrogen-bond donors (Lipinski definition) is 2. The number of pyridine rings is 1. The molecule has 23 heavy (non-hydrogen) atoms. The number of aryl methyl sites for hydroxylation is 1. The summed E-state index contributed by atoms with van der Waals surface area (Å²) in [7, 11) is 1.82. The zero-order chi connectivity index (χ0) is 16.0. The van der Waals surface area contributed by atoms with Crippen molar-refractivity contribution in [3.8, 4) is 0 Å². The first kappa shape index (κ1) is 14.2. The van der Waals surface area contributed by atoms with Gasteiger partial charge in [0.05, 0.1) is 23.8 Å². The van der Waals surface area contributed by atoms with E-state index >= 15 is 0 Å². The fourth-order valence-electron chi connectivity index (χ4n) is 3.31. The van der Waals surface area contributed by atoms with E-state index in [0.29, 0.717) is 24.3 Å². The Bertz CT molecular complexity index is 780. The van der Waals surface area contributed by atoms with Crippen LogP contribution in [0.3, 0.4) is 0 Å². The Kier molecular flexibility index (Phi) is 3.28. The third kappa shape index (κ3) is 2.67. The molecular formula is C16H19N5O2. The van der Waals surface area contributed by atoms with Gasteiger partial charge in [-0.05, 0) is 31.2 Å². The fourth-order valence-corrected chi connectivity index (χ4v) is 3.31. The van der Waals surface area contributed by atoms with Crippen molar-refractivity contribution in [2.45, 2.75) is 37.8 Å². The van der Waals surface area contributed by atoms with Crippen molar-refractivity contribution in [2.24, 2.45) is 13.0 Å². The van der Waals surface area contributed by atoms with Crippen LogP contribution in [0.2, 0.25) is 0 Å². The van der Waals surface area contributed by atoms with Gasteiger partial charge in [-0.3, -0.25) is 14.3 Å². The van der Waals surface area contributed by atoms with Gasteiger partial charge in [-0.1, -0.05) is 0 Å². The molecule has 2 aromatic heterocycles. The normalized spacial score (nSPS) is 24.5. The zero-order valence-corrected chi connectivity index (χ0v) is 13.0. The molecule has 1 aliphatic carbocycles. The summed E-state index contributed by atoms with van der Waals surface area (Å²) in [5.74, 6) is 0.448. The predicted octanol–water partition coefficient (Wildman–Crippen LogP) is 0.755. The van der Waals surface area contributed by atoms with Crippen LogP contribution in [0.5, 0.6) is 0 Å². The Morgan fingerprint density at radius 2 is 2.17 bits per heavy atom. The number of amides is 2. The number of nitrogens with one attached hydrogen (secondary N) is 2. The molecule has 7 nitrogen and oxygen atoms in total. The molecule has 2 aromatic rings. The van der Waals surface area contributed by atoms with Crippen LogP contribution in [0.4, 0.5) is 0 Å². The summed E-state index contributed by atoms with van der Waals surface area (Å²) in [5.41, 5.74) is 1.28. The van der Waals surface area contributed by atoms with E-state index in [2.05, 4.69) is 20.7 Å². The maximum Gasteiger partial charge on any atom is 0.253 e. The van der Waals surface area contributed by atoms with Crippen LogP contribution >= 0.6 is 0 Å². The topological polar surface area (TPSA) is 88.9 Å². The van der Waals surface area contributed by atoms with E-state index in [0.717, 1.165) is 23.9 Å². The summed E-state index contributed by atoms with van der Waals surface area (Å²) in [6, 6.07) is 1.87. The Balaban J connectivity index is 1.52. The minimum atomic E-state index is -0.143. The van der Waals surface area contributed by atoms with Gasteiger partial charge in [-0.15, -0.1) is 0 Å². The molecular weight excluding hydrogens is 294 g/mol. The van der Waals surface area contributed by atoms with E-state index in [1.54, 1.807) is 23.1 Å². The number of piperidine rings is 1. The van der Waals surface area contributed by atoms with Gasteiger partial charge in [0.1, 0.15) is 0 Å². The van der Waals surface area contributed by atoms with Gasteiger partial charge in [0.2, 0.25) is 5.91 Å². The molecule has 120 valence electrons. The molecule has 1 aliphatic heterocycles. The Labute approximate surface area is 133 Å². The molecule has 7 heteroatoms. The van der Waals surface area contributed by atoms with Crippen LogP contribution in [0.25, 0.3) is 11.0 Å². The van der Waals surface area contributed by atoms with Crippen molar-refractivity contribution in [1.29, 1.82) is 0 Å². The Morgan fingerprint density at radius 3 is 2.96 bits per heavy atom. The second kappa shape index (κ2) is 5.33. The average molecular weight is 313 g/mol. The first-order valence-corrected chi connectivity index (χ1v) is 8.00. The van der Waals surface area contributed by atoms with E-state index < -0.39 is 0 Å². The molecule has 0 spiro atoms. The SMILES string of the molecule is Cn1ncc2cc(C(=O)N[C@@H]3CCC(=O)N[C@H]3C3CC3)cnc21. The van der Waals surface area contributed by atoms with Crippen LogP contribution in [-0.4, -0.2) is 38.7 Å². The highest BCUT2D eigenvalue weighted by Crippen LogP contribution is 2.36. The Hall–Kier alpha value is -2.44. The molecule has 0 radical (unpaired) electrons. The van der Waals surface area contributed by atoms with Crippen LogP contribution in [-0.2, 0) is 11.8 Å². The maximum atomic E-state index is 12.5. The van der Waals surface area contributed by atoms with Gasteiger partial charge < -0.3 is 10.6 Å². The maximum absolute atomic E-state index is 12.5. The minimum Gasteiger partial charge on any atom is -0.351 e. The molecule has 0 unspecified atom stereocenters. The quantitative estimate of drug-likeness (QED) is 0.875. The molecule has 2 aliphatic rings. The zero-order valence-electron chi connectivity index (χ0n) is 13.0. The molecule has 2 fully saturated rings. The van der Waals surface area contributed by atoms with Gasteiger partial charge in [0.15, 0.2) is 5.65 Å². The van der Waals surface area contributed by atoms with Crippen molar-refractivity contribution in [3.63, 3.8) is 0 Å². The Morgan fingerprint density at radius 1 is 1.35 bits per heavy atom. The third-order valence-electron chi connectivity index (χ3n) is 4.72. The van der Waals surface area contributed by atoms with Crippen molar-refractivity contribution >= 4 is 22.8 Å². The molecule has 2 N–H and O–H groups in total. The van der Waals surface area contributed by atoms with Gasteiger partial charge in [-0.25, -0.2) is 4.98 Å². The highest BCUT2D eigenvalue weighted by Gasteiger charge is 2.40. The summed E-state index contributed by atoms with van der Waals surface area (Å²) < 4.78 is 1.68. The van der Waals surface area contributed by atoms with E-state index in [1.165, 1.54) is 0 Å². The van der Waals surface area contributed by atoms with Gasteiger partial charge >= 0.3 is 0 Å². The molecule has 0 bridgehead atoms. The van der Waals surface area contributed by atoms with Gasteiger partial charge in [0.25, 0.3) is 5.91 Å². The molecule has 0 aromatic carbocycles. The monoisotopic (exact) mass is 313 g/mol. The second-order valence-corrected chi connectivity index (χ2v) is 6.45. The van der Waals surface area contributed by atoms with Crippen LogP contribution in [0.1, 0.15) is 36.0 Å². The average Bonchev–Trinajstić information content (AvgIpc) is 3.33. The van der Waals surface area contributed by atoms with Crippen molar-refractivity contribution in [2.75, 3.05) is 0 Å². The number of aromatic nitrogens is 3. The summed E-state index contributed by atoms with van der Waals surface area (Å²) in [4.78, 5) is 28.5. The number of hydrogen-bond acceptors (Lipinski definition) is 4. The highest BCUT2D eigenvalue weighted by atomic mass is 16.2. The van der Waals surface area contributed by atoms with E-state index in [9.17, 15) is 9.59 Å². The molecule has 4 rings (SSSR count). The lowest BCUT2D eigenvalue weighted by atomic mass is 9.94. The van der Waals surface area contributed by atoms with E-state index in [-0.39, 0.29) is 23.9 Å². The summed E-state index contributed by atoms with van der Waals surface area (Å²) in [6.45, 7) is 0. The molecule has 2 atom stereocenters. The standard InChI is InChI=1S/C16H19N5O2/c1-21-15-10(8-18-21)6-11(7-17-15)16(23)19-12-4-5-13(22)20-14(12)9-2-3-9/h6-9,12,14H,2-5H2,1H3,(H,19,23)(H,20,22)/t12-,14+/m1/s1. The lowest BCUT2D eigenvalue weighted by molar-refractivity contribution is -0.124. The van der Waals surface area contributed by atoms with Gasteiger partial charge in [0, 0.05) is 25.1 Å². The summed E-state index contributed by atoms with van der Waals surface area (Å²) in [5, 5.41) is 11.1. The second-order valence-electron chi connectivity index (χ2n) is 6.45. The highest BCUT2D eigenvalue weighted by molar-refractivity contribution is 5.97.